The van der Waals surface area contributed by atoms with Crippen LogP contribution < -0.4 is 16.4 Å². The largest absolute Gasteiger partial charge is 0.368 e. The van der Waals surface area contributed by atoms with Crippen LogP contribution in [0.25, 0.3) is 0 Å². The number of benzene rings is 1. The number of primary amides is 1. The van der Waals surface area contributed by atoms with Crippen LogP contribution in [0.15, 0.2) is 18.2 Å². The monoisotopic (exact) mass is 251 g/mol. The maximum absolute atomic E-state index is 13.9. The van der Waals surface area contributed by atoms with E-state index in [1.54, 1.807) is 12.1 Å². The summed E-state index contributed by atoms with van der Waals surface area (Å²) in [5, 5.41) is 0. The van der Waals surface area contributed by atoms with Crippen molar-refractivity contribution in [1.29, 1.82) is 0 Å². The van der Waals surface area contributed by atoms with Crippen LogP contribution in [0.2, 0.25) is 0 Å². The van der Waals surface area contributed by atoms with Gasteiger partial charge in [0.05, 0.1) is 5.69 Å². The first-order valence-corrected chi connectivity index (χ1v) is 6.09. The van der Waals surface area contributed by atoms with E-state index in [1.807, 2.05) is 4.90 Å². The van der Waals surface area contributed by atoms with Crippen molar-refractivity contribution >= 4 is 11.6 Å². The predicted molar refractivity (Wildman–Crippen MR) is 68.9 cm³/mol. The minimum Gasteiger partial charge on any atom is -0.368 e. The lowest BCUT2D eigenvalue weighted by molar-refractivity contribution is 0.1000. The van der Waals surface area contributed by atoms with Crippen LogP contribution in [0.1, 0.15) is 23.7 Å². The van der Waals surface area contributed by atoms with E-state index in [0.29, 0.717) is 18.2 Å². The van der Waals surface area contributed by atoms with Crippen molar-refractivity contribution < 1.29 is 9.18 Å². The van der Waals surface area contributed by atoms with E-state index in [4.69, 9.17) is 11.5 Å². The number of hydrogen-bond acceptors (Lipinski definition) is 3. The minimum absolute atomic E-state index is 0.0500. The Kier molecular flexibility index (Phi) is 3.52. The summed E-state index contributed by atoms with van der Waals surface area (Å²) in [6.07, 6.45) is 0.943. The molecular formula is C13H18FN3O. The number of piperidine rings is 1. The fraction of sp³-hybridized carbons (Fsp3) is 0.462. The molecule has 2 rings (SSSR count). The Morgan fingerprint density at radius 2 is 2.22 bits per heavy atom. The summed E-state index contributed by atoms with van der Waals surface area (Å²) in [4.78, 5) is 12.9. The predicted octanol–water partition coefficient (Wildman–Crippen LogP) is 1.10. The van der Waals surface area contributed by atoms with Crippen molar-refractivity contribution in [3.05, 3.63) is 29.6 Å². The molecule has 1 aromatic carbocycles. The van der Waals surface area contributed by atoms with Crippen LogP contribution in [0.5, 0.6) is 0 Å². The molecule has 1 heterocycles. The van der Waals surface area contributed by atoms with Gasteiger partial charge in [-0.05, 0) is 30.5 Å². The average molecular weight is 251 g/mol. The third-order valence-corrected chi connectivity index (χ3v) is 3.59. The number of hydrogen-bond donors (Lipinski definition) is 2. The van der Waals surface area contributed by atoms with E-state index in [-0.39, 0.29) is 11.6 Å². The highest BCUT2D eigenvalue weighted by molar-refractivity contribution is 5.93. The zero-order chi connectivity index (χ0) is 13.3. The van der Waals surface area contributed by atoms with Crippen molar-refractivity contribution in [2.24, 2.45) is 17.4 Å². The number of carbonyl (C=O) groups is 1. The van der Waals surface area contributed by atoms with Crippen LogP contribution >= 0.6 is 0 Å². The van der Waals surface area contributed by atoms with Crippen molar-refractivity contribution in [3.8, 4) is 0 Å². The number of anilines is 1. The standard InChI is InChI=1S/C13H18FN3O/c1-8-4-5-17(7-11(8)15)12-3-2-9(13(16)18)6-10(12)14/h2-3,6,8,11H,4-5,7,15H2,1H3,(H2,16,18). The Bertz CT molecular complexity index is 464. The van der Waals surface area contributed by atoms with Crippen molar-refractivity contribution in [2.75, 3.05) is 18.0 Å². The first kappa shape index (κ1) is 12.8. The number of nitrogens with two attached hydrogens (primary N) is 2. The third kappa shape index (κ3) is 2.46. The van der Waals surface area contributed by atoms with Crippen molar-refractivity contribution in [2.45, 2.75) is 19.4 Å². The molecule has 98 valence electrons. The average Bonchev–Trinajstić information content (AvgIpc) is 2.32. The normalized spacial score (nSPS) is 24.1. The second-order valence-electron chi connectivity index (χ2n) is 4.91. The van der Waals surface area contributed by atoms with Gasteiger partial charge >= 0.3 is 0 Å². The fourth-order valence-corrected chi connectivity index (χ4v) is 2.23. The van der Waals surface area contributed by atoms with Gasteiger partial charge in [-0.15, -0.1) is 0 Å². The first-order valence-electron chi connectivity index (χ1n) is 6.09. The second kappa shape index (κ2) is 4.94. The molecule has 4 nitrogen and oxygen atoms in total. The molecular weight excluding hydrogens is 233 g/mol. The van der Waals surface area contributed by atoms with E-state index in [9.17, 15) is 9.18 Å². The first-order chi connectivity index (χ1) is 8.49. The number of rotatable bonds is 2. The van der Waals surface area contributed by atoms with Gasteiger partial charge in [-0.2, -0.15) is 0 Å². The molecule has 1 fully saturated rings. The van der Waals surface area contributed by atoms with E-state index in [1.165, 1.54) is 6.07 Å². The van der Waals surface area contributed by atoms with Crippen molar-refractivity contribution in [3.63, 3.8) is 0 Å². The summed E-state index contributed by atoms with van der Waals surface area (Å²) in [5.41, 5.74) is 11.8. The molecule has 4 N–H and O–H groups in total. The lowest BCUT2D eigenvalue weighted by Crippen LogP contribution is -2.47. The number of halogens is 1. The SMILES string of the molecule is CC1CCN(c2ccc(C(N)=O)cc2F)CC1N. The molecule has 0 saturated carbocycles. The van der Waals surface area contributed by atoms with Gasteiger partial charge in [-0.3, -0.25) is 4.79 Å². The van der Waals surface area contributed by atoms with Crippen molar-refractivity contribution in [1.82, 2.24) is 0 Å². The molecule has 18 heavy (non-hydrogen) atoms. The Morgan fingerprint density at radius 3 is 2.78 bits per heavy atom. The van der Waals surface area contributed by atoms with Gasteiger partial charge in [0.1, 0.15) is 5.82 Å². The maximum atomic E-state index is 13.9. The van der Waals surface area contributed by atoms with E-state index >= 15 is 0 Å². The van der Waals surface area contributed by atoms with E-state index < -0.39 is 11.7 Å². The maximum Gasteiger partial charge on any atom is 0.248 e. The summed E-state index contributed by atoms with van der Waals surface area (Å²) in [5.74, 6) is -0.591. The lowest BCUT2D eigenvalue weighted by atomic mass is 9.94. The summed E-state index contributed by atoms with van der Waals surface area (Å²) < 4.78 is 13.9. The molecule has 0 bridgehead atoms. The molecule has 0 spiro atoms. The highest BCUT2D eigenvalue weighted by Crippen LogP contribution is 2.25. The van der Waals surface area contributed by atoms with Gasteiger partial charge in [0.15, 0.2) is 0 Å². The molecule has 2 atom stereocenters. The summed E-state index contributed by atoms with van der Waals surface area (Å²) in [6, 6.07) is 4.37. The Labute approximate surface area is 106 Å². The molecule has 0 aromatic heterocycles. The van der Waals surface area contributed by atoms with E-state index in [2.05, 4.69) is 6.92 Å². The minimum atomic E-state index is -0.621. The fourth-order valence-electron chi connectivity index (χ4n) is 2.23. The Balaban J connectivity index is 2.21. The molecule has 1 saturated heterocycles. The highest BCUT2D eigenvalue weighted by atomic mass is 19.1. The van der Waals surface area contributed by atoms with Gasteiger partial charge in [-0.25, -0.2) is 4.39 Å². The van der Waals surface area contributed by atoms with Gasteiger partial charge in [0.2, 0.25) is 5.91 Å². The topological polar surface area (TPSA) is 72.3 Å². The second-order valence-corrected chi connectivity index (χ2v) is 4.91. The molecule has 0 radical (unpaired) electrons. The zero-order valence-corrected chi connectivity index (χ0v) is 10.4. The number of carbonyl (C=O) groups excluding carboxylic acids is 1. The third-order valence-electron chi connectivity index (χ3n) is 3.59. The molecule has 5 heteroatoms. The molecule has 1 aliphatic heterocycles. The summed E-state index contributed by atoms with van der Waals surface area (Å²) in [6.45, 7) is 3.52. The Hall–Kier alpha value is -1.62. The highest BCUT2D eigenvalue weighted by Gasteiger charge is 2.24. The Morgan fingerprint density at radius 1 is 1.50 bits per heavy atom. The van der Waals surface area contributed by atoms with Crippen LogP contribution in [-0.4, -0.2) is 25.0 Å². The van der Waals surface area contributed by atoms with Crippen LogP contribution in [-0.2, 0) is 0 Å². The van der Waals surface area contributed by atoms with Gasteiger partial charge in [-0.1, -0.05) is 6.92 Å². The molecule has 2 unspecified atom stereocenters. The van der Waals surface area contributed by atoms with Gasteiger partial charge in [0.25, 0.3) is 0 Å². The van der Waals surface area contributed by atoms with Gasteiger partial charge in [0, 0.05) is 24.7 Å². The van der Waals surface area contributed by atoms with E-state index in [0.717, 1.165) is 13.0 Å². The van der Waals surface area contributed by atoms with Crippen LogP contribution in [0, 0.1) is 11.7 Å². The van der Waals surface area contributed by atoms with Crippen LogP contribution in [0.4, 0.5) is 10.1 Å². The summed E-state index contributed by atoms with van der Waals surface area (Å²) in [7, 11) is 0. The summed E-state index contributed by atoms with van der Waals surface area (Å²) >= 11 is 0. The van der Waals surface area contributed by atoms with Gasteiger partial charge < -0.3 is 16.4 Å². The number of amides is 1. The van der Waals surface area contributed by atoms with Crippen LogP contribution in [0.3, 0.4) is 0 Å². The molecule has 0 aliphatic carbocycles. The lowest BCUT2D eigenvalue weighted by Gasteiger charge is -2.36. The quantitative estimate of drug-likeness (QED) is 0.826. The molecule has 1 amide bonds. The zero-order valence-electron chi connectivity index (χ0n) is 10.4. The number of nitrogens with zero attached hydrogens (tertiary/aromatic N) is 1. The molecule has 1 aliphatic rings. The molecule has 1 aromatic rings. The smallest absolute Gasteiger partial charge is 0.248 e.